The molecule has 1 atom stereocenters. The van der Waals surface area contributed by atoms with Gasteiger partial charge in [-0.3, -0.25) is 9.59 Å². The number of methoxy groups -OCH3 is 1. The normalized spacial score (nSPS) is 11.4. The van der Waals surface area contributed by atoms with E-state index in [9.17, 15) is 9.59 Å². The van der Waals surface area contributed by atoms with Crippen LogP contribution < -0.4 is 15.8 Å². The van der Waals surface area contributed by atoms with Crippen LogP contribution in [0.25, 0.3) is 0 Å². The maximum atomic E-state index is 12.3. The highest BCUT2D eigenvalue weighted by Crippen LogP contribution is 2.16. The SMILES string of the molecule is CCN(CC(=O)Nc1cccc(OC)c1)C(=O)[C@@H](N)CC(C)C.Cl. The zero-order chi connectivity index (χ0) is 17.4. The van der Waals surface area contributed by atoms with Gasteiger partial charge in [-0.15, -0.1) is 12.4 Å². The summed E-state index contributed by atoms with van der Waals surface area (Å²) in [5.74, 6) is 0.538. The number of nitrogens with one attached hydrogen (secondary N) is 1. The van der Waals surface area contributed by atoms with Gasteiger partial charge in [0.2, 0.25) is 11.8 Å². The van der Waals surface area contributed by atoms with Crippen LogP contribution in [-0.2, 0) is 9.59 Å². The number of nitrogens with zero attached hydrogens (tertiary/aromatic N) is 1. The monoisotopic (exact) mass is 357 g/mol. The summed E-state index contributed by atoms with van der Waals surface area (Å²) < 4.78 is 5.11. The van der Waals surface area contributed by atoms with Gasteiger partial charge in [0.05, 0.1) is 19.7 Å². The van der Waals surface area contributed by atoms with Crippen LogP contribution in [0.3, 0.4) is 0 Å². The maximum Gasteiger partial charge on any atom is 0.243 e. The number of carbonyl (C=O) groups excluding carboxylic acids is 2. The minimum atomic E-state index is -0.570. The quantitative estimate of drug-likeness (QED) is 0.747. The van der Waals surface area contributed by atoms with Gasteiger partial charge in [0, 0.05) is 18.3 Å². The summed E-state index contributed by atoms with van der Waals surface area (Å²) in [6.45, 7) is 6.28. The van der Waals surface area contributed by atoms with Gasteiger partial charge in [-0.1, -0.05) is 19.9 Å². The Kier molecular flexibility index (Phi) is 10.1. The molecule has 0 aromatic heterocycles. The molecule has 1 rings (SSSR count). The molecule has 1 aromatic carbocycles. The van der Waals surface area contributed by atoms with Gasteiger partial charge in [-0.2, -0.15) is 0 Å². The fourth-order valence-electron chi connectivity index (χ4n) is 2.26. The lowest BCUT2D eigenvalue weighted by Crippen LogP contribution is -2.47. The number of nitrogens with two attached hydrogens (primary N) is 1. The van der Waals surface area contributed by atoms with Gasteiger partial charge in [-0.05, 0) is 31.4 Å². The van der Waals surface area contributed by atoms with Crippen molar-refractivity contribution < 1.29 is 14.3 Å². The largest absolute Gasteiger partial charge is 0.497 e. The molecule has 1 aromatic rings. The van der Waals surface area contributed by atoms with E-state index in [2.05, 4.69) is 5.32 Å². The molecule has 6 nitrogen and oxygen atoms in total. The second-order valence-corrected chi connectivity index (χ2v) is 5.87. The lowest BCUT2D eigenvalue weighted by Gasteiger charge is -2.24. The number of halogens is 1. The molecule has 0 saturated heterocycles. The molecule has 3 N–H and O–H groups in total. The number of amides is 2. The summed E-state index contributed by atoms with van der Waals surface area (Å²) >= 11 is 0. The number of ether oxygens (including phenoxy) is 1. The lowest BCUT2D eigenvalue weighted by molar-refractivity contribution is -0.135. The minimum Gasteiger partial charge on any atom is -0.497 e. The lowest BCUT2D eigenvalue weighted by atomic mass is 10.0. The van der Waals surface area contributed by atoms with Crippen LogP contribution in [0.15, 0.2) is 24.3 Å². The van der Waals surface area contributed by atoms with Crippen molar-refractivity contribution in [3.05, 3.63) is 24.3 Å². The van der Waals surface area contributed by atoms with E-state index in [0.717, 1.165) is 0 Å². The predicted molar refractivity (Wildman–Crippen MR) is 98.6 cm³/mol. The molecular formula is C17H28ClN3O3. The maximum absolute atomic E-state index is 12.3. The molecule has 0 aliphatic carbocycles. The third-order valence-corrected chi connectivity index (χ3v) is 3.42. The first-order valence-electron chi connectivity index (χ1n) is 7.85. The van der Waals surface area contributed by atoms with E-state index in [1.165, 1.54) is 4.90 Å². The minimum absolute atomic E-state index is 0. The third-order valence-electron chi connectivity index (χ3n) is 3.42. The van der Waals surface area contributed by atoms with Crippen molar-refractivity contribution in [3.63, 3.8) is 0 Å². The van der Waals surface area contributed by atoms with E-state index in [1.54, 1.807) is 31.4 Å². The van der Waals surface area contributed by atoms with Crippen molar-refractivity contribution in [1.82, 2.24) is 4.90 Å². The second kappa shape index (κ2) is 10.9. The molecule has 0 spiro atoms. The average molecular weight is 358 g/mol. The molecule has 0 aliphatic rings. The summed E-state index contributed by atoms with van der Waals surface area (Å²) in [5, 5.41) is 2.76. The standard InChI is InChI=1S/C17H27N3O3.ClH/c1-5-20(17(22)15(18)9-12(2)3)11-16(21)19-13-7-6-8-14(10-13)23-4;/h6-8,10,12,15H,5,9,11,18H2,1-4H3,(H,19,21);1H/t15-;/m0./s1. The van der Waals surface area contributed by atoms with Gasteiger partial charge in [0.25, 0.3) is 0 Å². The third kappa shape index (κ3) is 7.19. The van der Waals surface area contributed by atoms with Crippen molar-refractivity contribution >= 4 is 29.9 Å². The van der Waals surface area contributed by atoms with Gasteiger partial charge in [-0.25, -0.2) is 0 Å². The van der Waals surface area contributed by atoms with Crippen molar-refractivity contribution in [3.8, 4) is 5.75 Å². The molecule has 136 valence electrons. The first kappa shape index (κ1) is 22.2. The average Bonchev–Trinajstić information content (AvgIpc) is 2.51. The molecular weight excluding hydrogens is 330 g/mol. The number of benzene rings is 1. The highest BCUT2D eigenvalue weighted by Gasteiger charge is 2.22. The van der Waals surface area contributed by atoms with Crippen LogP contribution in [0.1, 0.15) is 27.2 Å². The molecule has 0 bridgehead atoms. The van der Waals surface area contributed by atoms with Gasteiger partial charge >= 0.3 is 0 Å². The Morgan fingerprint density at radius 1 is 1.33 bits per heavy atom. The second-order valence-electron chi connectivity index (χ2n) is 5.87. The van der Waals surface area contributed by atoms with Crippen molar-refractivity contribution in [2.24, 2.45) is 11.7 Å². The van der Waals surface area contributed by atoms with Crippen molar-refractivity contribution in [2.75, 3.05) is 25.5 Å². The number of hydrogen-bond donors (Lipinski definition) is 2. The molecule has 0 radical (unpaired) electrons. The molecule has 24 heavy (non-hydrogen) atoms. The van der Waals surface area contributed by atoms with Crippen LogP contribution in [0.4, 0.5) is 5.69 Å². The number of carbonyl (C=O) groups is 2. The van der Waals surface area contributed by atoms with Crippen LogP contribution in [0.5, 0.6) is 5.75 Å². The van der Waals surface area contributed by atoms with Gasteiger partial charge in [0.1, 0.15) is 5.75 Å². The first-order valence-corrected chi connectivity index (χ1v) is 7.85. The predicted octanol–water partition coefficient (Wildman–Crippen LogP) is 2.28. The van der Waals surface area contributed by atoms with Gasteiger partial charge < -0.3 is 20.7 Å². The molecule has 7 heteroatoms. The molecule has 2 amide bonds. The topological polar surface area (TPSA) is 84.7 Å². The Morgan fingerprint density at radius 3 is 2.54 bits per heavy atom. The molecule has 0 heterocycles. The summed E-state index contributed by atoms with van der Waals surface area (Å²) in [7, 11) is 1.56. The Morgan fingerprint density at radius 2 is 2.00 bits per heavy atom. The summed E-state index contributed by atoms with van der Waals surface area (Å²) in [5.41, 5.74) is 6.55. The molecule has 0 aliphatic heterocycles. The fraction of sp³-hybridized carbons (Fsp3) is 0.529. The number of hydrogen-bond acceptors (Lipinski definition) is 4. The van der Waals surface area contributed by atoms with Crippen LogP contribution in [0.2, 0.25) is 0 Å². The van der Waals surface area contributed by atoms with Crippen LogP contribution >= 0.6 is 12.4 Å². The van der Waals surface area contributed by atoms with E-state index in [0.29, 0.717) is 30.3 Å². The van der Waals surface area contributed by atoms with Crippen LogP contribution in [-0.4, -0.2) is 43.0 Å². The number of rotatable bonds is 8. The van der Waals surface area contributed by atoms with E-state index in [-0.39, 0.29) is 30.8 Å². The Labute approximate surface area is 150 Å². The van der Waals surface area contributed by atoms with Crippen LogP contribution in [0, 0.1) is 5.92 Å². The van der Waals surface area contributed by atoms with E-state index >= 15 is 0 Å². The van der Waals surface area contributed by atoms with E-state index in [4.69, 9.17) is 10.5 Å². The zero-order valence-corrected chi connectivity index (χ0v) is 15.6. The molecule has 0 unspecified atom stereocenters. The Balaban J connectivity index is 0.00000529. The van der Waals surface area contributed by atoms with E-state index < -0.39 is 6.04 Å². The van der Waals surface area contributed by atoms with Crippen molar-refractivity contribution in [2.45, 2.75) is 33.2 Å². The fourth-order valence-corrected chi connectivity index (χ4v) is 2.26. The Bertz CT molecular complexity index is 538. The van der Waals surface area contributed by atoms with E-state index in [1.807, 2.05) is 20.8 Å². The smallest absolute Gasteiger partial charge is 0.243 e. The highest BCUT2D eigenvalue weighted by atomic mass is 35.5. The Hall–Kier alpha value is -1.79. The van der Waals surface area contributed by atoms with Crippen molar-refractivity contribution in [1.29, 1.82) is 0 Å². The van der Waals surface area contributed by atoms with Gasteiger partial charge in [0.15, 0.2) is 0 Å². The number of likely N-dealkylation sites (N-methyl/N-ethyl adjacent to an activating group) is 1. The highest BCUT2D eigenvalue weighted by molar-refractivity contribution is 5.95. The molecule has 0 saturated carbocycles. The molecule has 0 fully saturated rings. The number of anilines is 1. The zero-order valence-electron chi connectivity index (χ0n) is 14.7. The summed E-state index contributed by atoms with van der Waals surface area (Å²) in [6, 6.07) is 6.50. The first-order chi connectivity index (χ1) is 10.9. The summed E-state index contributed by atoms with van der Waals surface area (Å²) in [4.78, 5) is 25.9. The summed E-state index contributed by atoms with van der Waals surface area (Å²) in [6.07, 6.45) is 0.604.